The normalized spacial score (nSPS) is 13.2. The van der Waals surface area contributed by atoms with Crippen LogP contribution in [0.5, 0.6) is 0 Å². The predicted octanol–water partition coefficient (Wildman–Crippen LogP) is -2.28. The van der Waals surface area contributed by atoms with E-state index in [9.17, 15) is 9.59 Å². The number of carbonyl (C=O) groups is 2. The number of rotatable bonds is 3. The van der Waals surface area contributed by atoms with Crippen molar-refractivity contribution in [3.8, 4) is 0 Å². The first kappa shape index (κ1) is 18.8. The van der Waals surface area contributed by atoms with Crippen molar-refractivity contribution in [3.05, 3.63) is 0 Å². The van der Waals surface area contributed by atoms with E-state index in [0.717, 1.165) is 0 Å². The third kappa shape index (κ3) is 6.64. The summed E-state index contributed by atoms with van der Waals surface area (Å²) in [5.74, 6) is -3.54. The van der Waals surface area contributed by atoms with Gasteiger partial charge < -0.3 is 23.3 Å². The first-order chi connectivity index (χ1) is 4.46. The van der Waals surface area contributed by atoms with E-state index >= 15 is 0 Å². The molecule has 0 aliphatic rings. The number of carboxylic acids is 2. The molecule has 0 aliphatic carbocycles. The molecule has 0 rings (SSSR count). The first-order valence-electron chi connectivity index (χ1n) is 2.28. The molecular formula is C4H8BaO6Ti. The van der Waals surface area contributed by atoms with E-state index < -0.39 is 24.1 Å². The van der Waals surface area contributed by atoms with Crippen molar-refractivity contribution >= 4 is 60.8 Å². The van der Waals surface area contributed by atoms with Crippen LogP contribution in [0.25, 0.3) is 0 Å². The van der Waals surface area contributed by atoms with E-state index in [4.69, 9.17) is 20.4 Å². The van der Waals surface area contributed by atoms with Crippen molar-refractivity contribution in [2.75, 3.05) is 0 Å². The average molecular weight is 337 g/mol. The Bertz CT molecular complexity index is 152. The molecule has 0 radical (unpaired) electrons. The second-order valence-corrected chi connectivity index (χ2v) is 1.57. The van der Waals surface area contributed by atoms with Gasteiger partial charge in [0.2, 0.25) is 0 Å². The van der Waals surface area contributed by atoms with Crippen LogP contribution in [0.1, 0.15) is 2.85 Å². The third-order valence-corrected chi connectivity index (χ3v) is 0.805. The summed E-state index contributed by atoms with van der Waals surface area (Å²) in [5, 5.41) is 32.5. The zero-order valence-corrected chi connectivity index (χ0v) is 12.0. The Morgan fingerprint density at radius 1 is 1.00 bits per heavy atom. The Kier molecular flexibility index (Phi) is 13.7. The van der Waals surface area contributed by atoms with Gasteiger partial charge in [-0.2, -0.15) is 0 Å². The summed E-state index contributed by atoms with van der Waals surface area (Å²) < 4.78 is 0. The summed E-state index contributed by atoms with van der Waals surface area (Å²) in [6.07, 6.45) is -4.53. The smallest absolute Gasteiger partial charge is 1.00 e. The van der Waals surface area contributed by atoms with Crippen molar-refractivity contribution in [1.29, 1.82) is 0 Å². The van der Waals surface area contributed by atoms with E-state index in [-0.39, 0.29) is 73.5 Å². The topological polar surface area (TPSA) is 115 Å². The molecule has 12 heavy (non-hydrogen) atoms. The molecule has 0 spiro atoms. The molecule has 0 aromatic heterocycles. The van der Waals surface area contributed by atoms with Crippen molar-refractivity contribution < 1.29 is 54.6 Å². The van der Waals surface area contributed by atoms with Gasteiger partial charge in [0.1, 0.15) is 0 Å². The number of aliphatic hydroxyl groups is 2. The van der Waals surface area contributed by atoms with Crippen LogP contribution in [0, 0.1) is 0 Å². The molecule has 2 atom stereocenters. The fourth-order valence-corrected chi connectivity index (χ4v) is 0.270. The monoisotopic (exact) mass is 338 g/mol. The predicted molar refractivity (Wildman–Crippen MR) is 35.3 cm³/mol. The van der Waals surface area contributed by atoms with E-state index in [1.807, 2.05) is 0 Å². The second kappa shape index (κ2) is 8.73. The first-order valence-corrected chi connectivity index (χ1v) is 2.28. The molecule has 4 N–H and O–H groups in total. The van der Waals surface area contributed by atoms with Gasteiger partial charge in [0.05, 0.1) is 0 Å². The Morgan fingerprint density at radius 3 is 1.25 bits per heavy atom. The summed E-state index contributed by atoms with van der Waals surface area (Å²) in [6.45, 7) is 0. The molecule has 0 aromatic carbocycles. The summed E-state index contributed by atoms with van der Waals surface area (Å²) in [4.78, 5) is 19.5. The number of aliphatic carboxylic acids is 2. The molecule has 2 unspecified atom stereocenters. The summed E-state index contributed by atoms with van der Waals surface area (Å²) >= 11 is 0. The minimum absolute atomic E-state index is 0. The second-order valence-electron chi connectivity index (χ2n) is 1.57. The molecule has 66 valence electrons. The van der Waals surface area contributed by atoms with Crippen LogP contribution in [0.2, 0.25) is 0 Å². The largest absolute Gasteiger partial charge is 2.00 e. The average Bonchev–Trinajstić information content (AvgIpc) is 1.84. The molecule has 0 bridgehead atoms. The fourth-order valence-electron chi connectivity index (χ4n) is 0.270. The summed E-state index contributed by atoms with van der Waals surface area (Å²) in [7, 11) is 0. The van der Waals surface area contributed by atoms with E-state index in [1.165, 1.54) is 0 Å². The van der Waals surface area contributed by atoms with E-state index in [0.29, 0.717) is 0 Å². The van der Waals surface area contributed by atoms with E-state index in [1.54, 1.807) is 0 Å². The SMILES string of the molecule is O=C(O)C(O)C(O)C(=O)O.[Ba+2].[H-].[H-].[Ti]. The van der Waals surface area contributed by atoms with Gasteiger partial charge >= 0.3 is 60.8 Å². The summed E-state index contributed by atoms with van der Waals surface area (Å²) in [5.41, 5.74) is 0. The van der Waals surface area contributed by atoms with Gasteiger partial charge in [-0.1, -0.05) is 0 Å². The zero-order valence-electron chi connectivity index (χ0n) is 7.97. The molecule has 0 aromatic rings. The van der Waals surface area contributed by atoms with Crippen LogP contribution in [0.3, 0.4) is 0 Å². The molecule has 0 fully saturated rings. The van der Waals surface area contributed by atoms with Gasteiger partial charge in [0.25, 0.3) is 0 Å². The molecule has 0 saturated carbocycles. The van der Waals surface area contributed by atoms with Crippen LogP contribution < -0.4 is 0 Å². The fraction of sp³-hybridized carbons (Fsp3) is 0.500. The van der Waals surface area contributed by atoms with Crippen LogP contribution >= 0.6 is 0 Å². The van der Waals surface area contributed by atoms with Gasteiger partial charge in [0, 0.05) is 21.7 Å². The molecule has 6 nitrogen and oxygen atoms in total. The molecule has 8 heteroatoms. The Morgan fingerprint density at radius 2 is 1.17 bits per heavy atom. The Labute approximate surface area is 126 Å². The van der Waals surface area contributed by atoms with Crippen LogP contribution in [-0.2, 0) is 31.3 Å². The van der Waals surface area contributed by atoms with Crippen LogP contribution in [0.15, 0.2) is 0 Å². The van der Waals surface area contributed by atoms with Crippen molar-refractivity contribution in [2.45, 2.75) is 12.2 Å². The van der Waals surface area contributed by atoms with Crippen molar-refractivity contribution in [2.24, 2.45) is 0 Å². The molecular weight excluding hydrogens is 329 g/mol. The Hall–Kier alpha value is 1.15. The van der Waals surface area contributed by atoms with Gasteiger partial charge in [-0.15, -0.1) is 0 Å². The maximum absolute atomic E-state index is 9.77. The zero-order chi connectivity index (χ0) is 8.31. The van der Waals surface area contributed by atoms with Gasteiger partial charge in [0.15, 0.2) is 12.2 Å². The maximum atomic E-state index is 9.77. The molecule has 0 aliphatic heterocycles. The number of aliphatic hydroxyl groups excluding tert-OH is 2. The van der Waals surface area contributed by atoms with Crippen molar-refractivity contribution in [1.82, 2.24) is 0 Å². The minimum Gasteiger partial charge on any atom is -1.00 e. The number of hydrogen-bond donors (Lipinski definition) is 4. The maximum Gasteiger partial charge on any atom is 2.00 e. The molecule has 0 amide bonds. The molecule has 0 heterocycles. The number of hydrogen-bond acceptors (Lipinski definition) is 4. The minimum atomic E-state index is -2.27. The molecule has 0 saturated heterocycles. The third-order valence-electron chi connectivity index (χ3n) is 0.805. The van der Waals surface area contributed by atoms with Gasteiger partial charge in [-0.25, -0.2) is 9.59 Å². The quantitative estimate of drug-likeness (QED) is 0.431. The van der Waals surface area contributed by atoms with Crippen LogP contribution in [-0.4, -0.2) is 93.5 Å². The van der Waals surface area contributed by atoms with E-state index in [2.05, 4.69) is 0 Å². The van der Waals surface area contributed by atoms with Crippen LogP contribution in [0.4, 0.5) is 0 Å². The Balaban J connectivity index is -0.0000000675. The number of carboxylic acid groups (broad SMARTS) is 2. The van der Waals surface area contributed by atoms with Crippen molar-refractivity contribution in [3.63, 3.8) is 0 Å². The van der Waals surface area contributed by atoms with Gasteiger partial charge in [-0.05, 0) is 0 Å². The standard InChI is InChI=1S/C4H6O6.Ba.Ti.2H/c5-1(3(7)8)2(6)4(9)10;;;;/h1-2,5-6H,(H,7,8)(H,9,10);;;;/q;+2;;2*-1. The summed E-state index contributed by atoms with van der Waals surface area (Å²) in [6, 6.07) is 0. The van der Waals surface area contributed by atoms with Gasteiger partial charge in [-0.3, -0.25) is 0 Å².